The number of hydrogen-bond donors (Lipinski definition) is 1. The molecule has 1 aliphatic heterocycles. The van der Waals surface area contributed by atoms with Gasteiger partial charge in [0.2, 0.25) is 5.91 Å². The number of piperidine rings is 1. The van der Waals surface area contributed by atoms with E-state index in [1.54, 1.807) is 19.1 Å². The molecular formula is C19H26F2N2O4. The van der Waals surface area contributed by atoms with Gasteiger partial charge in [0.1, 0.15) is 5.75 Å². The van der Waals surface area contributed by atoms with E-state index in [1.165, 1.54) is 12.1 Å². The van der Waals surface area contributed by atoms with Gasteiger partial charge in [-0.25, -0.2) is 0 Å². The molecule has 0 saturated carbocycles. The third-order valence-electron chi connectivity index (χ3n) is 4.38. The number of amides is 1. The highest BCUT2D eigenvalue weighted by atomic mass is 19.3. The molecule has 0 spiro atoms. The number of carbonyl (C=O) groups is 2. The third kappa shape index (κ3) is 7.50. The molecule has 0 bridgehead atoms. The van der Waals surface area contributed by atoms with Gasteiger partial charge in [-0.05, 0) is 50.4 Å². The van der Waals surface area contributed by atoms with E-state index in [1.807, 2.05) is 4.90 Å². The summed E-state index contributed by atoms with van der Waals surface area (Å²) in [6, 6.07) is 6.34. The molecule has 0 aliphatic carbocycles. The van der Waals surface area contributed by atoms with Crippen molar-refractivity contribution in [3.05, 3.63) is 29.8 Å². The zero-order valence-corrected chi connectivity index (χ0v) is 15.5. The molecular weight excluding hydrogens is 358 g/mol. The topological polar surface area (TPSA) is 67.9 Å². The number of benzene rings is 1. The number of ether oxygens (including phenoxy) is 2. The molecule has 1 saturated heterocycles. The summed E-state index contributed by atoms with van der Waals surface area (Å²) in [5, 5.41) is 2.85. The van der Waals surface area contributed by atoms with Crippen LogP contribution in [0.15, 0.2) is 24.3 Å². The number of nitrogens with zero attached hydrogens (tertiary/aromatic N) is 1. The van der Waals surface area contributed by atoms with Crippen molar-refractivity contribution in [2.45, 2.75) is 32.8 Å². The van der Waals surface area contributed by atoms with Crippen LogP contribution in [0.25, 0.3) is 0 Å². The number of carbonyl (C=O) groups excluding carboxylic acids is 2. The second kappa shape index (κ2) is 10.8. The van der Waals surface area contributed by atoms with E-state index in [9.17, 15) is 18.4 Å². The minimum Gasteiger partial charge on any atom is -0.466 e. The van der Waals surface area contributed by atoms with Gasteiger partial charge in [0.05, 0.1) is 19.1 Å². The van der Waals surface area contributed by atoms with Crippen molar-refractivity contribution in [2.75, 3.05) is 32.8 Å². The molecule has 0 radical (unpaired) electrons. The second-order valence-corrected chi connectivity index (χ2v) is 6.45. The molecule has 1 heterocycles. The normalized spacial score (nSPS) is 17.6. The average Bonchev–Trinajstić information content (AvgIpc) is 2.63. The number of hydrogen-bond acceptors (Lipinski definition) is 5. The van der Waals surface area contributed by atoms with Crippen molar-refractivity contribution in [2.24, 2.45) is 5.92 Å². The minimum absolute atomic E-state index is 0.0998. The van der Waals surface area contributed by atoms with Crippen LogP contribution in [-0.4, -0.2) is 56.2 Å². The Morgan fingerprint density at radius 1 is 1.30 bits per heavy atom. The first-order valence-electron chi connectivity index (χ1n) is 9.17. The summed E-state index contributed by atoms with van der Waals surface area (Å²) in [6.07, 6.45) is 2.25. The summed E-state index contributed by atoms with van der Waals surface area (Å²) in [4.78, 5) is 25.9. The Kier molecular flexibility index (Phi) is 8.44. The number of halogens is 2. The lowest BCUT2D eigenvalue weighted by atomic mass is 9.98. The molecule has 1 unspecified atom stereocenters. The number of likely N-dealkylation sites (tertiary alicyclic amines) is 1. The van der Waals surface area contributed by atoms with Gasteiger partial charge in [-0.2, -0.15) is 8.78 Å². The first kappa shape index (κ1) is 21.1. The predicted octanol–water partition coefficient (Wildman–Crippen LogP) is 2.22. The van der Waals surface area contributed by atoms with Crippen LogP contribution in [0.3, 0.4) is 0 Å². The Bertz CT molecular complexity index is 610. The van der Waals surface area contributed by atoms with E-state index in [-0.39, 0.29) is 30.1 Å². The van der Waals surface area contributed by atoms with Crippen LogP contribution < -0.4 is 10.1 Å². The molecule has 1 aromatic rings. The predicted molar refractivity (Wildman–Crippen MR) is 95.6 cm³/mol. The summed E-state index contributed by atoms with van der Waals surface area (Å²) in [5.41, 5.74) is 0.914. The lowest BCUT2D eigenvalue weighted by Crippen LogP contribution is -2.44. The Labute approximate surface area is 157 Å². The van der Waals surface area contributed by atoms with Crippen molar-refractivity contribution < 1.29 is 27.8 Å². The van der Waals surface area contributed by atoms with Gasteiger partial charge in [-0.1, -0.05) is 12.1 Å². The van der Waals surface area contributed by atoms with E-state index >= 15 is 0 Å². The fourth-order valence-corrected chi connectivity index (χ4v) is 3.09. The van der Waals surface area contributed by atoms with E-state index < -0.39 is 6.61 Å². The monoisotopic (exact) mass is 384 g/mol. The molecule has 1 aliphatic rings. The Morgan fingerprint density at radius 2 is 2.04 bits per heavy atom. The molecule has 0 aromatic heterocycles. The molecule has 8 heteroatoms. The van der Waals surface area contributed by atoms with Gasteiger partial charge in [0.15, 0.2) is 0 Å². The summed E-state index contributed by atoms with van der Waals surface area (Å²) in [7, 11) is 0. The van der Waals surface area contributed by atoms with Crippen LogP contribution in [0.2, 0.25) is 0 Å². The quantitative estimate of drug-likeness (QED) is 0.662. The van der Waals surface area contributed by atoms with Gasteiger partial charge in [0, 0.05) is 13.1 Å². The minimum atomic E-state index is -2.84. The van der Waals surface area contributed by atoms with E-state index in [4.69, 9.17) is 4.74 Å². The van der Waals surface area contributed by atoms with Crippen molar-refractivity contribution in [1.82, 2.24) is 10.2 Å². The molecule has 2 rings (SSSR count). The van der Waals surface area contributed by atoms with Crippen molar-refractivity contribution in [3.63, 3.8) is 0 Å². The largest absolute Gasteiger partial charge is 0.466 e. The number of esters is 1. The lowest BCUT2D eigenvalue weighted by Gasteiger charge is -2.30. The SMILES string of the molecule is CCOC(=O)C1CCCN(CC(=O)NCCc2ccc(OC(F)F)cc2)C1. The molecule has 1 fully saturated rings. The zero-order valence-electron chi connectivity index (χ0n) is 15.5. The molecule has 1 atom stereocenters. The van der Waals surface area contributed by atoms with E-state index in [0.29, 0.717) is 26.1 Å². The van der Waals surface area contributed by atoms with Crippen LogP contribution in [0.5, 0.6) is 5.75 Å². The van der Waals surface area contributed by atoms with Crippen LogP contribution in [-0.2, 0) is 20.7 Å². The molecule has 1 aromatic carbocycles. The summed E-state index contributed by atoms with van der Waals surface area (Å²) in [5.74, 6) is -0.349. The fraction of sp³-hybridized carbons (Fsp3) is 0.579. The molecule has 1 N–H and O–H groups in total. The van der Waals surface area contributed by atoms with Gasteiger partial charge in [0.25, 0.3) is 0 Å². The molecule has 6 nitrogen and oxygen atoms in total. The number of alkyl halides is 2. The fourth-order valence-electron chi connectivity index (χ4n) is 3.09. The van der Waals surface area contributed by atoms with Crippen molar-refractivity contribution in [1.29, 1.82) is 0 Å². The first-order valence-corrected chi connectivity index (χ1v) is 9.17. The molecule has 150 valence electrons. The molecule has 1 amide bonds. The summed E-state index contributed by atoms with van der Waals surface area (Å²) >= 11 is 0. The first-order chi connectivity index (χ1) is 13.0. The Hall–Kier alpha value is -2.22. The average molecular weight is 384 g/mol. The highest BCUT2D eigenvalue weighted by molar-refractivity contribution is 5.78. The highest BCUT2D eigenvalue weighted by Gasteiger charge is 2.27. The van der Waals surface area contributed by atoms with Crippen LogP contribution in [0, 0.1) is 5.92 Å². The second-order valence-electron chi connectivity index (χ2n) is 6.45. The van der Waals surface area contributed by atoms with E-state index in [2.05, 4.69) is 10.1 Å². The maximum atomic E-state index is 12.1. The van der Waals surface area contributed by atoms with E-state index in [0.717, 1.165) is 24.9 Å². The van der Waals surface area contributed by atoms with Crippen molar-refractivity contribution >= 4 is 11.9 Å². The summed E-state index contributed by atoms with van der Waals surface area (Å²) < 4.78 is 33.6. The van der Waals surface area contributed by atoms with Gasteiger partial charge < -0.3 is 14.8 Å². The van der Waals surface area contributed by atoms with Gasteiger partial charge in [-0.3, -0.25) is 14.5 Å². The van der Waals surface area contributed by atoms with Gasteiger partial charge in [-0.15, -0.1) is 0 Å². The summed E-state index contributed by atoms with van der Waals surface area (Å²) in [6.45, 7) is 1.33. The smallest absolute Gasteiger partial charge is 0.387 e. The van der Waals surface area contributed by atoms with Crippen LogP contribution in [0.1, 0.15) is 25.3 Å². The van der Waals surface area contributed by atoms with Crippen molar-refractivity contribution in [3.8, 4) is 5.75 Å². The highest BCUT2D eigenvalue weighted by Crippen LogP contribution is 2.18. The maximum Gasteiger partial charge on any atom is 0.387 e. The molecule has 27 heavy (non-hydrogen) atoms. The van der Waals surface area contributed by atoms with Crippen LogP contribution >= 0.6 is 0 Å². The Morgan fingerprint density at radius 3 is 2.70 bits per heavy atom. The lowest BCUT2D eigenvalue weighted by molar-refractivity contribution is -0.150. The third-order valence-corrected chi connectivity index (χ3v) is 4.38. The number of nitrogens with one attached hydrogen (secondary N) is 1. The maximum absolute atomic E-state index is 12.1. The number of rotatable bonds is 9. The standard InChI is InChI=1S/C19H26F2N2O4/c1-2-26-18(25)15-4-3-11-23(12-15)13-17(24)22-10-9-14-5-7-16(8-6-14)27-19(20)21/h5-8,15,19H,2-4,9-13H2,1H3,(H,22,24). The zero-order chi connectivity index (χ0) is 19.6. The Balaban J connectivity index is 1.69. The van der Waals surface area contributed by atoms with Crippen LogP contribution in [0.4, 0.5) is 8.78 Å². The van der Waals surface area contributed by atoms with Gasteiger partial charge >= 0.3 is 12.6 Å².